The Hall–Kier alpha value is -3.27. The molecular formula is C21H21N3O6. The van der Waals surface area contributed by atoms with Gasteiger partial charge in [0.1, 0.15) is 18.0 Å². The highest BCUT2D eigenvalue weighted by Gasteiger charge is 2.35. The van der Waals surface area contributed by atoms with E-state index in [1.54, 1.807) is 0 Å². The number of nitrogens with zero attached hydrogens (tertiary/aromatic N) is 2. The van der Waals surface area contributed by atoms with Crippen LogP contribution in [-0.4, -0.2) is 45.0 Å². The SMILES string of the molecule is O=CN(Cc1cccc2ccccc12)c1cn([C@@H]2CC(O)[C@H](CO)O2)c(=O)[nH]c1=O. The van der Waals surface area contributed by atoms with Crippen LogP contribution in [0.4, 0.5) is 5.69 Å². The van der Waals surface area contributed by atoms with Crippen LogP contribution >= 0.6 is 0 Å². The van der Waals surface area contributed by atoms with E-state index in [0.717, 1.165) is 20.9 Å². The van der Waals surface area contributed by atoms with E-state index in [0.29, 0.717) is 6.41 Å². The Morgan fingerprint density at radius 3 is 2.70 bits per heavy atom. The van der Waals surface area contributed by atoms with E-state index in [4.69, 9.17) is 4.74 Å². The number of H-pyrrole nitrogens is 1. The molecule has 1 saturated heterocycles. The average molecular weight is 411 g/mol. The summed E-state index contributed by atoms with van der Waals surface area (Å²) in [6, 6.07) is 13.4. The number of hydrogen-bond donors (Lipinski definition) is 3. The second-order valence-corrected chi connectivity index (χ2v) is 7.17. The van der Waals surface area contributed by atoms with Crippen molar-refractivity contribution in [2.24, 2.45) is 0 Å². The molecule has 30 heavy (non-hydrogen) atoms. The van der Waals surface area contributed by atoms with Crippen molar-refractivity contribution in [2.45, 2.75) is 31.4 Å². The quantitative estimate of drug-likeness (QED) is 0.507. The Kier molecular flexibility index (Phi) is 5.49. The van der Waals surface area contributed by atoms with Crippen molar-refractivity contribution in [3.8, 4) is 0 Å². The van der Waals surface area contributed by atoms with Gasteiger partial charge in [0, 0.05) is 12.6 Å². The zero-order valence-corrected chi connectivity index (χ0v) is 16.0. The van der Waals surface area contributed by atoms with Crippen LogP contribution in [0.2, 0.25) is 0 Å². The van der Waals surface area contributed by atoms with Crippen molar-refractivity contribution >= 4 is 22.9 Å². The van der Waals surface area contributed by atoms with Gasteiger partial charge in [-0.2, -0.15) is 0 Å². The molecule has 3 aromatic rings. The Bertz CT molecular complexity index is 1180. The molecule has 0 bridgehead atoms. The number of ether oxygens (including phenoxy) is 1. The van der Waals surface area contributed by atoms with E-state index in [1.165, 1.54) is 11.1 Å². The predicted octanol–water partition coefficient (Wildman–Crippen LogP) is 0.493. The second-order valence-electron chi connectivity index (χ2n) is 7.17. The molecule has 9 heteroatoms. The fraction of sp³-hybridized carbons (Fsp3) is 0.286. The van der Waals surface area contributed by atoms with Crippen molar-refractivity contribution in [1.82, 2.24) is 9.55 Å². The molecule has 2 aromatic carbocycles. The van der Waals surface area contributed by atoms with Crippen LogP contribution in [0, 0.1) is 0 Å². The Balaban J connectivity index is 1.70. The fourth-order valence-corrected chi connectivity index (χ4v) is 3.74. The maximum atomic E-state index is 12.4. The van der Waals surface area contributed by atoms with E-state index in [2.05, 4.69) is 4.98 Å². The van der Waals surface area contributed by atoms with Crippen LogP contribution in [0.5, 0.6) is 0 Å². The summed E-state index contributed by atoms with van der Waals surface area (Å²) in [5.41, 5.74) is -0.621. The van der Waals surface area contributed by atoms with Gasteiger partial charge in [0.2, 0.25) is 6.41 Å². The summed E-state index contributed by atoms with van der Waals surface area (Å²) in [5, 5.41) is 21.2. The summed E-state index contributed by atoms with van der Waals surface area (Å²) < 4.78 is 6.63. The number of rotatable bonds is 6. The van der Waals surface area contributed by atoms with Gasteiger partial charge in [-0.25, -0.2) is 4.79 Å². The summed E-state index contributed by atoms with van der Waals surface area (Å²) in [6.45, 7) is -0.274. The molecule has 1 aliphatic heterocycles. The number of amides is 1. The van der Waals surface area contributed by atoms with Gasteiger partial charge in [0.15, 0.2) is 0 Å². The number of aromatic amines is 1. The van der Waals surface area contributed by atoms with Crippen molar-refractivity contribution in [2.75, 3.05) is 11.5 Å². The molecule has 1 amide bonds. The summed E-state index contributed by atoms with van der Waals surface area (Å²) in [5.74, 6) is 0. The minimum atomic E-state index is -0.944. The number of carbonyl (C=O) groups is 1. The van der Waals surface area contributed by atoms with Crippen molar-refractivity contribution in [3.05, 3.63) is 75.1 Å². The first kappa shape index (κ1) is 20.0. The molecule has 4 rings (SSSR count). The highest BCUT2D eigenvalue weighted by molar-refractivity contribution is 5.87. The number of anilines is 1. The zero-order valence-electron chi connectivity index (χ0n) is 16.0. The van der Waals surface area contributed by atoms with Crippen LogP contribution in [0.15, 0.2) is 58.3 Å². The molecule has 1 unspecified atom stereocenters. The number of aliphatic hydroxyl groups is 2. The summed E-state index contributed by atoms with van der Waals surface area (Å²) in [4.78, 5) is 40.0. The topological polar surface area (TPSA) is 125 Å². The molecular weight excluding hydrogens is 390 g/mol. The normalized spacial score (nSPS) is 21.1. The van der Waals surface area contributed by atoms with Gasteiger partial charge in [-0.3, -0.25) is 19.1 Å². The lowest BCUT2D eigenvalue weighted by molar-refractivity contribution is -0.107. The molecule has 3 N–H and O–H groups in total. The Morgan fingerprint density at radius 1 is 1.20 bits per heavy atom. The van der Waals surface area contributed by atoms with Crippen LogP contribution < -0.4 is 16.1 Å². The van der Waals surface area contributed by atoms with Crippen LogP contribution in [0.3, 0.4) is 0 Å². The lowest BCUT2D eigenvalue weighted by atomic mass is 10.0. The Labute approximate surface area is 170 Å². The first-order valence-electron chi connectivity index (χ1n) is 9.50. The van der Waals surface area contributed by atoms with Gasteiger partial charge < -0.3 is 19.8 Å². The summed E-state index contributed by atoms with van der Waals surface area (Å²) >= 11 is 0. The predicted molar refractivity (Wildman–Crippen MR) is 109 cm³/mol. The third-order valence-corrected chi connectivity index (χ3v) is 5.30. The number of aliphatic hydroxyl groups excluding tert-OH is 2. The molecule has 1 aromatic heterocycles. The molecule has 156 valence electrons. The zero-order chi connectivity index (χ0) is 21.3. The van der Waals surface area contributed by atoms with Crippen LogP contribution in [0.1, 0.15) is 18.2 Å². The van der Waals surface area contributed by atoms with Crippen molar-refractivity contribution in [1.29, 1.82) is 0 Å². The minimum absolute atomic E-state index is 0.0249. The maximum Gasteiger partial charge on any atom is 0.330 e. The average Bonchev–Trinajstić information content (AvgIpc) is 3.13. The molecule has 3 atom stereocenters. The molecule has 0 aliphatic carbocycles. The summed E-state index contributed by atoms with van der Waals surface area (Å²) in [6.07, 6.45) is -0.789. The van der Waals surface area contributed by atoms with E-state index >= 15 is 0 Å². The molecule has 1 fully saturated rings. The molecule has 0 spiro atoms. The molecule has 2 heterocycles. The lowest BCUT2D eigenvalue weighted by Gasteiger charge is -2.20. The van der Waals surface area contributed by atoms with E-state index < -0.39 is 36.3 Å². The van der Waals surface area contributed by atoms with Gasteiger partial charge in [-0.05, 0) is 16.3 Å². The van der Waals surface area contributed by atoms with Gasteiger partial charge in [-0.15, -0.1) is 0 Å². The largest absolute Gasteiger partial charge is 0.394 e. The Morgan fingerprint density at radius 2 is 1.97 bits per heavy atom. The first-order valence-corrected chi connectivity index (χ1v) is 9.50. The minimum Gasteiger partial charge on any atom is -0.394 e. The standard InChI is InChI=1S/C21H21N3O6/c25-11-18-17(27)8-19(30-18)24-10-16(20(28)22-21(24)29)23(12-26)9-14-6-3-5-13-4-1-2-7-15(13)14/h1-7,10,12,17-19,25,27H,8-9,11H2,(H,22,28,29)/t17?,18-,19-/m0/s1. The van der Waals surface area contributed by atoms with E-state index in [-0.39, 0.29) is 18.7 Å². The van der Waals surface area contributed by atoms with Crippen molar-refractivity contribution in [3.63, 3.8) is 0 Å². The third-order valence-electron chi connectivity index (χ3n) is 5.30. The smallest absolute Gasteiger partial charge is 0.330 e. The molecule has 0 saturated carbocycles. The highest BCUT2D eigenvalue weighted by Crippen LogP contribution is 2.28. The molecule has 0 radical (unpaired) electrons. The summed E-state index contributed by atoms with van der Waals surface area (Å²) in [7, 11) is 0. The fourth-order valence-electron chi connectivity index (χ4n) is 3.74. The highest BCUT2D eigenvalue weighted by atomic mass is 16.5. The van der Waals surface area contributed by atoms with Crippen LogP contribution in [-0.2, 0) is 16.1 Å². The lowest BCUT2D eigenvalue weighted by Crippen LogP contribution is -2.37. The molecule has 9 nitrogen and oxygen atoms in total. The maximum absolute atomic E-state index is 12.4. The number of carbonyl (C=O) groups excluding carboxylic acids is 1. The van der Waals surface area contributed by atoms with Gasteiger partial charge in [0.05, 0.1) is 19.3 Å². The monoisotopic (exact) mass is 411 g/mol. The third kappa shape index (κ3) is 3.65. The first-order chi connectivity index (χ1) is 14.5. The number of aromatic nitrogens is 2. The number of nitrogens with one attached hydrogen (secondary N) is 1. The molecule has 1 aliphatic rings. The van der Waals surface area contributed by atoms with Gasteiger partial charge in [-0.1, -0.05) is 42.5 Å². The van der Waals surface area contributed by atoms with E-state index in [1.807, 2.05) is 42.5 Å². The van der Waals surface area contributed by atoms with Crippen LogP contribution in [0.25, 0.3) is 10.8 Å². The second kappa shape index (κ2) is 8.23. The number of benzene rings is 2. The van der Waals surface area contributed by atoms with Gasteiger partial charge >= 0.3 is 5.69 Å². The van der Waals surface area contributed by atoms with Crippen molar-refractivity contribution < 1.29 is 19.7 Å². The number of hydrogen-bond acceptors (Lipinski definition) is 6. The van der Waals surface area contributed by atoms with Gasteiger partial charge in [0.25, 0.3) is 5.56 Å². The number of fused-ring (bicyclic) bond motifs is 1. The van der Waals surface area contributed by atoms with E-state index in [9.17, 15) is 24.6 Å².